The van der Waals surface area contributed by atoms with E-state index in [1.807, 2.05) is 20.8 Å². The summed E-state index contributed by atoms with van der Waals surface area (Å²) >= 11 is 0. The zero-order valence-electron chi connectivity index (χ0n) is 10.3. The number of rotatable bonds is 10. The highest BCUT2D eigenvalue weighted by Gasteiger charge is 2.44. The van der Waals surface area contributed by atoms with E-state index in [1.54, 1.807) is 0 Å². The van der Waals surface area contributed by atoms with E-state index < -0.39 is 9.05 Å². The molecule has 0 heterocycles. The lowest BCUT2D eigenvalue weighted by atomic mass is 10.4. The third-order valence-electron chi connectivity index (χ3n) is 1.68. The van der Waals surface area contributed by atoms with Crippen LogP contribution in [-0.4, -0.2) is 35.5 Å². The molecule has 0 saturated heterocycles. The summed E-state index contributed by atoms with van der Waals surface area (Å²) < 4.78 is 22.0. The second-order valence-electron chi connectivity index (χ2n) is 2.91. The summed E-state index contributed by atoms with van der Waals surface area (Å²) in [5.41, 5.74) is 0. The Morgan fingerprint density at radius 3 is 1.81 bits per heavy atom. The first-order valence-corrected chi connectivity index (χ1v) is 7.30. The maximum absolute atomic E-state index is 8.42. The molecule has 0 unspecified atom stereocenters. The molecule has 0 aromatic carbocycles. The first kappa shape index (κ1) is 15.5. The first-order chi connectivity index (χ1) is 7.74. The Hall–Kier alpha value is -0.453. The van der Waals surface area contributed by atoms with E-state index in [9.17, 15) is 0 Å². The van der Waals surface area contributed by atoms with Crippen LogP contribution in [0.4, 0.5) is 0 Å². The Morgan fingerprint density at radius 1 is 0.938 bits per heavy atom. The summed E-state index contributed by atoms with van der Waals surface area (Å²) in [5.74, 6) is 0. The number of hydrogen-bond acceptors (Lipinski definition) is 5. The standard InChI is InChI=1S/C10H21NO4Si/c1-4-12-16(13-5-2,14-6-3)15-10-8-7-9-11/h4-8,10H2,1-3H3. The molecule has 94 valence electrons. The molecule has 0 radical (unpaired) electrons. The molecule has 0 aromatic rings. The van der Waals surface area contributed by atoms with Gasteiger partial charge in [-0.2, -0.15) is 5.26 Å². The van der Waals surface area contributed by atoms with Crippen LogP contribution < -0.4 is 0 Å². The molecular weight excluding hydrogens is 226 g/mol. The van der Waals surface area contributed by atoms with Gasteiger partial charge in [0.1, 0.15) is 0 Å². The van der Waals surface area contributed by atoms with Gasteiger partial charge in [0.25, 0.3) is 0 Å². The summed E-state index contributed by atoms with van der Waals surface area (Å²) in [6.07, 6.45) is 1.13. The number of nitriles is 1. The number of nitrogens with zero attached hydrogens (tertiary/aromatic N) is 1. The van der Waals surface area contributed by atoms with E-state index >= 15 is 0 Å². The van der Waals surface area contributed by atoms with Crippen LogP contribution >= 0.6 is 0 Å². The molecular formula is C10H21NO4Si. The van der Waals surface area contributed by atoms with Crippen molar-refractivity contribution in [1.82, 2.24) is 0 Å². The summed E-state index contributed by atoms with van der Waals surface area (Å²) in [7, 11) is -2.95. The molecule has 6 heteroatoms. The molecule has 16 heavy (non-hydrogen) atoms. The summed E-state index contributed by atoms with van der Waals surface area (Å²) in [6, 6.07) is 2.06. The first-order valence-electron chi connectivity index (χ1n) is 5.67. The van der Waals surface area contributed by atoms with Gasteiger partial charge in [-0.1, -0.05) is 0 Å². The minimum absolute atomic E-state index is 0.430. The monoisotopic (exact) mass is 247 g/mol. The molecule has 0 aromatic heterocycles. The maximum atomic E-state index is 8.42. The molecule has 0 N–H and O–H groups in total. The van der Waals surface area contributed by atoms with Gasteiger partial charge in [0.15, 0.2) is 0 Å². The van der Waals surface area contributed by atoms with Gasteiger partial charge in [0.05, 0.1) is 6.07 Å². The van der Waals surface area contributed by atoms with Crippen molar-refractivity contribution in [2.75, 3.05) is 26.4 Å². The van der Waals surface area contributed by atoms with Crippen LogP contribution in [0.25, 0.3) is 0 Å². The zero-order chi connectivity index (χ0) is 12.3. The van der Waals surface area contributed by atoms with E-state index in [1.165, 1.54) is 0 Å². The van der Waals surface area contributed by atoms with Crippen molar-refractivity contribution < 1.29 is 17.7 Å². The SMILES string of the molecule is CCO[Si](OCC)(OCC)OCCCC#N. The maximum Gasteiger partial charge on any atom is 0.679 e. The van der Waals surface area contributed by atoms with Crippen LogP contribution in [0.1, 0.15) is 33.6 Å². The highest BCUT2D eigenvalue weighted by Crippen LogP contribution is 2.12. The van der Waals surface area contributed by atoms with Crippen LogP contribution in [0.3, 0.4) is 0 Å². The highest BCUT2D eigenvalue weighted by atomic mass is 28.4. The largest absolute Gasteiger partial charge is 0.679 e. The fourth-order valence-corrected chi connectivity index (χ4v) is 3.08. The van der Waals surface area contributed by atoms with Crippen molar-refractivity contribution in [1.29, 1.82) is 5.26 Å². The Bertz CT molecular complexity index is 190. The Kier molecular flexibility index (Phi) is 9.47. The van der Waals surface area contributed by atoms with Crippen molar-refractivity contribution in [2.45, 2.75) is 33.6 Å². The quantitative estimate of drug-likeness (QED) is 0.435. The average Bonchev–Trinajstić information content (AvgIpc) is 2.26. The van der Waals surface area contributed by atoms with Crippen LogP contribution in [0.2, 0.25) is 0 Å². The number of hydrogen-bond donors (Lipinski definition) is 0. The summed E-state index contributed by atoms with van der Waals surface area (Å²) in [6.45, 7) is 7.52. The molecule has 0 aliphatic carbocycles. The van der Waals surface area contributed by atoms with Crippen molar-refractivity contribution >= 4 is 9.05 Å². The van der Waals surface area contributed by atoms with Crippen LogP contribution in [0, 0.1) is 11.3 Å². The van der Waals surface area contributed by atoms with E-state index in [2.05, 4.69) is 6.07 Å². The normalized spacial score (nSPS) is 11.4. The average molecular weight is 247 g/mol. The molecule has 0 spiro atoms. The fraction of sp³-hybridized carbons (Fsp3) is 0.900. The summed E-state index contributed by atoms with van der Waals surface area (Å²) in [5, 5.41) is 8.42. The van der Waals surface area contributed by atoms with Gasteiger partial charge in [-0.25, -0.2) is 0 Å². The van der Waals surface area contributed by atoms with Gasteiger partial charge >= 0.3 is 9.05 Å². The lowest BCUT2D eigenvalue weighted by Gasteiger charge is -2.26. The number of unbranched alkanes of at least 4 members (excludes halogenated alkanes) is 1. The van der Waals surface area contributed by atoms with Crippen molar-refractivity contribution in [3.63, 3.8) is 0 Å². The van der Waals surface area contributed by atoms with Crippen molar-refractivity contribution in [3.8, 4) is 6.07 Å². The van der Waals surface area contributed by atoms with Crippen LogP contribution in [0.5, 0.6) is 0 Å². The van der Waals surface area contributed by atoms with Gasteiger partial charge < -0.3 is 17.7 Å². The van der Waals surface area contributed by atoms with Crippen molar-refractivity contribution in [3.05, 3.63) is 0 Å². The van der Waals surface area contributed by atoms with Gasteiger partial charge in [0, 0.05) is 32.8 Å². The van der Waals surface area contributed by atoms with Crippen LogP contribution in [-0.2, 0) is 17.7 Å². The molecule has 0 saturated carbocycles. The molecule has 0 aliphatic rings. The Morgan fingerprint density at radius 2 is 1.44 bits per heavy atom. The highest BCUT2D eigenvalue weighted by molar-refractivity contribution is 6.53. The lowest BCUT2D eigenvalue weighted by Crippen LogP contribution is -2.49. The molecule has 0 bridgehead atoms. The Labute approximate surface area is 98.7 Å². The van der Waals surface area contributed by atoms with Gasteiger partial charge in [-0.3, -0.25) is 0 Å². The van der Waals surface area contributed by atoms with Gasteiger partial charge in [-0.05, 0) is 27.2 Å². The van der Waals surface area contributed by atoms with Gasteiger partial charge in [-0.15, -0.1) is 0 Å². The van der Waals surface area contributed by atoms with E-state index in [0.717, 1.165) is 0 Å². The zero-order valence-corrected chi connectivity index (χ0v) is 11.3. The van der Waals surface area contributed by atoms with E-state index in [0.29, 0.717) is 39.3 Å². The molecule has 0 amide bonds. The lowest BCUT2D eigenvalue weighted by molar-refractivity contribution is -0.0276. The van der Waals surface area contributed by atoms with E-state index in [-0.39, 0.29) is 0 Å². The summed E-state index contributed by atoms with van der Waals surface area (Å²) in [4.78, 5) is 0. The third-order valence-corrected chi connectivity index (χ3v) is 4.16. The molecule has 5 nitrogen and oxygen atoms in total. The van der Waals surface area contributed by atoms with Gasteiger partial charge in [0.2, 0.25) is 0 Å². The Balaban J connectivity index is 4.18. The second kappa shape index (κ2) is 9.75. The molecule has 0 fully saturated rings. The predicted octanol–water partition coefficient (Wildman–Crippen LogP) is 1.85. The second-order valence-corrected chi connectivity index (χ2v) is 5.06. The third kappa shape index (κ3) is 6.20. The predicted molar refractivity (Wildman–Crippen MR) is 61.4 cm³/mol. The fourth-order valence-electron chi connectivity index (χ4n) is 1.13. The molecule has 0 rings (SSSR count). The smallest absolute Gasteiger partial charge is 0.351 e. The van der Waals surface area contributed by atoms with E-state index in [4.69, 9.17) is 23.0 Å². The topological polar surface area (TPSA) is 60.7 Å². The minimum atomic E-state index is -2.95. The minimum Gasteiger partial charge on any atom is -0.351 e. The van der Waals surface area contributed by atoms with Crippen molar-refractivity contribution in [2.24, 2.45) is 0 Å². The molecule has 0 aliphatic heterocycles. The molecule has 0 atom stereocenters. The van der Waals surface area contributed by atoms with Crippen LogP contribution in [0.15, 0.2) is 0 Å².